The van der Waals surface area contributed by atoms with Crippen molar-refractivity contribution in [2.45, 2.75) is 44.0 Å². The summed E-state index contributed by atoms with van der Waals surface area (Å²) in [7, 11) is -2.51. The first kappa shape index (κ1) is 25.1. The fourth-order valence-corrected chi connectivity index (χ4v) is 6.38. The Balaban J connectivity index is 1.75. The molecule has 2 heterocycles. The number of aromatic nitrogens is 2. The number of benzene rings is 2. The quantitative estimate of drug-likeness (QED) is 0.410. The lowest BCUT2D eigenvalue weighted by atomic mass is 10.0. The molecule has 0 aliphatic carbocycles. The van der Waals surface area contributed by atoms with Gasteiger partial charge in [0.05, 0.1) is 10.4 Å². The molecule has 4 rings (SSSR count). The van der Waals surface area contributed by atoms with E-state index in [9.17, 15) is 18.0 Å². The summed E-state index contributed by atoms with van der Waals surface area (Å²) in [4.78, 5) is 34.0. The van der Waals surface area contributed by atoms with Crippen molar-refractivity contribution in [3.8, 4) is 0 Å². The number of nitrogens with two attached hydrogens (primary N) is 1. The minimum atomic E-state index is -4.13. The van der Waals surface area contributed by atoms with Gasteiger partial charge in [-0.2, -0.15) is 0 Å². The van der Waals surface area contributed by atoms with Crippen LogP contribution in [0.2, 0.25) is 0 Å². The Morgan fingerprint density at radius 2 is 1.64 bits per heavy atom. The zero-order valence-corrected chi connectivity index (χ0v) is 21.7. The molecule has 2 aromatic carbocycles. The highest BCUT2D eigenvalue weighted by Gasteiger charge is 2.33. The zero-order valence-electron chi connectivity index (χ0n) is 20.8. The molecule has 2 aromatic heterocycles. The molecule has 0 saturated heterocycles. The van der Waals surface area contributed by atoms with Crippen LogP contribution in [-0.4, -0.2) is 42.1 Å². The number of nitrogens with zero attached hydrogens (tertiary/aromatic N) is 2. The van der Waals surface area contributed by atoms with Gasteiger partial charge in [0.1, 0.15) is 16.3 Å². The van der Waals surface area contributed by atoms with Crippen molar-refractivity contribution in [3.05, 3.63) is 87.9 Å². The van der Waals surface area contributed by atoms with E-state index in [0.717, 1.165) is 33.2 Å². The molecule has 3 N–H and O–H groups in total. The number of hydrogen-bond donors (Lipinski definition) is 2. The maximum atomic E-state index is 13.6. The number of aromatic amines is 1. The third-order valence-corrected chi connectivity index (χ3v) is 8.25. The second-order valence-corrected chi connectivity index (χ2v) is 11.0. The summed E-state index contributed by atoms with van der Waals surface area (Å²) in [5.74, 6) is -1.41. The molecule has 0 saturated carbocycles. The van der Waals surface area contributed by atoms with Crippen molar-refractivity contribution in [1.29, 1.82) is 0 Å². The van der Waals surface area contributed by atoms with E-state index < -0.39 is 21.7 Å². The number of H-pyrrole nitrogens is 1. The van der Waals surface area contributed by atoms with Gasteiger partial charge in [0.15, 0.2) is 0 Å². The zero-order chi connectivity index (χ0) is 26.4. The molecule has 0 fully saturated rings. The maximum absolute atomic E-state index is 13.6. The number of amides is 2. The van der Waals surface area contributed by atoms with E-state index >= 15 is 0 Å². The Hall–Kier alpha value is -3.98. The Labute approximate surface area is 210 Å². The Kier molecular flexibility index (Phi) is 6.44. The van der Waals surface area contributed by atoms with Gasteiger partial charge >= 0.3 is 0 Å². The van der Waals surface area contributed by atoms with Crippen LogP contribution in [0.3, 0.4) is 0 Å². The van der Waals surface area contributed by atoms with E-state index in [4.69, 9.17) is 5.73 Å². The van der Waals surface area contributed by atoms with E-state index in [-0.39, 0.29) is 33.3 Å². The normalized spacial score (nSPS) is 11.6. The van der Waals surface area contributed by atoms with Crippen LogP contribution in [0.15, 0.2) is 58.5 Å². The van der Waals surface area contributed by atoms with Crippen LogP contribution in [0, 0.1) is 27.7 Å². The van der Waals surface area contributed by atoms with Crippen LogP contribution in [0.4, 0.5) is 0 Å². The number of carbonyl (C=O) groups excluding carboxylic acids is 2. The standard InChI is InChI=1S/C27H28N4O4S/c1-15-11-16(2)13-20(12-15)36(34,35)25-18(4)23(30-24(25)26(28)32)27(33)31(5)14-19-8-9-22-21(17(19)3)7-6-10-29-22/h6-13,30H,14H2,1-5H3,(H2,28,32). The van der Waals surface area contributed by atoms with E-state index in [1.165, 1.54) is 24.0 Å². The van der Waals surface area contributed by atoms with Gasteiger partial charge in [-0.25, -0.2) is 8.42 Å². The van der Waals surface area contributed by atoms with E-state index in [1.54, 1.807) is 27.1 Å². The molecule has 9 heteroatoms. The second-order valence-electron chi connectivity index (χ2n) is 9.10. The SMILES string of the molecule is Cc1cc(C)cc(S(=O)(=O)c2c(C(N)=O)[nH]c(C(=O)N(C)Cc3ccc4ncccc4c3C)c2C)c1. The molecular weight excluding hydrogens is 476 g/mol. The van der Waals surface area contributed by atoms with Crippen LogP contribution in [0.5, 0.6) is 0 Å². The number of nitrogens with one attached hydrogen (secondary N) is 1. The van der Waals surface area contributed by atoms with Gasteiger partial charge in [-0.3, -0.25) is 14.6 Å². The van der Waals surface area contributed by atoms with Gasteiger partial charge in [0, 0.05) is 25.2 Å². The monoisotopic (exact) mass is 504 g/mol. The number of hydrogen-bond acceptors (Lipinski definition) is 5. The summed E-state index contributed by atoms with van der Waals surface area (Å²) in [5.41, 5.74) is 9.70. The number of pyridine rings is 1. The van der Waals surface area contributed by atoms with Crippen molar-refractivity contribution < 1.29 is 18.0 Å². The number of aryl methyl sites for hydroxylation is 3. The van der Waals surface area contributed by atoms with Crippen LogP contribution in [0.25, 0.3) is 10.9 Å². The maximum Gasteiger partial charge on any atom is 0.270 e. The minimum Gasteiger partial charge on any atom is -0.364 e. The Bertz CT molecular complexity index is 1620. The Morgan fingerprint density at radius 3 is 2.28 bits per heavy atom. The molecule has 8 nitrogen and oxygen atoms in total. The first-order valence-corrected chi connectivity index (χ1v) is 12.8. The first-order chi connectivity index (χ1) is 16.9. The highest BCUT2D eigenvalue weighted by atomic mass is 32.2. The number of rotatable bonds is 6. The summed E-state index contributed by atoms with van der Waals surface area (Å²) >= 11 is 0. The van der Waals surface area contributed by atoms with Crippen molar-refractivity contribution >= 4 is 32.6 Å². The van der Waals surface area contributed by atoms with Crippen molar-refractivity contribution in [3.63, 3.8) is 0 Å². The van der Waals surface area contributed by atoms with Crippen LogP contribution < -0.4 is 5.73 Å². The van der Waals surface area contributed by atoms with Gasteiger partial charge in [0.25, 0.3) is 11.8 Å². The summed E-state index contributed by atoms with van der Waals surface area (Å²) < 4.78 is 27.2. The van der Waals surface area contributed by atoms with Gasteiger partial charge < -0.3 is 15.6 Å². The van der Waals surface area contributed by atoms with Gasteiger partial charge in [-0.05, 0) is 79.8 Å². The van der Waals surface area contributed by atoms with Gasteiger partial charge in [-0.15, -0.1) is 0 Å². The molecule has 36 heavy (non-hydrogen) atoms. The number of primary amides is 1. The topological polar surface area (TPSA) is 126 Å². The third-order valence-electron chi connectivity index (χ3n) is 6.35. The molecule has 0 unspecified atom stereocenters. The predicted molar refractivity (Wildman–Crippen MR) is 138 cm³/mol. The summed E-state index contributed by atoms with van der Waals surface area (Å²) in [6, 6.07) is 12.6. The molecule has 186 valence electrons. The van der Waals surface area contributed by atoms with Crippen LogP contribution in [-0.2, 0) is 16.4 Å². The van der Waals surface area contributed by atoms with E-state index in [2.05, 4.69) is 9.97 Å². The van der Waals surface area contributed by atoms with Crippen LogP contribution in [0.1, 0.15) is 48.8 Å². The summed E-state index contributed by atoms with van der Waals surface area (Å²) in [5, 5.41) is 0.991. The molecule has 0 atom stereocenters. The van der Waals surface area contributed by atoms with Crippen LogP contribution >= 0.6 is 0 Å². The van der Waals surface area contributed by atoms with Gasteiger partial charge in [-0.1, -0.05) is 18.2 Å². The highest BCUT2D eigenvalue weighted by Crippen LogP contribution is 2.31. The molecule has 0 spiro atoms. The molecule has 0 bridgehead atoms. The molecule has 4 aromatic rings. The molecule has 0 radical (unpaired) electrons. The van der Waals surface area contributed by atoms with Gasteiger partial charge in [0.2, 0.25) is 9.84 Å². The summed E-state index contributed by atoms with van der Waals surface area (Å²) in [6.45, 7) is 7.34. The molecule has 0 aliphatic rings. The number of carbonyl (C=O) groups is 2. The fraction of sp³-hybridized carbons (Fsp3) is 0.222. The third kappa shape index (κ3) is 4.37. The lowest BCUT2D eigenvalue weighted by Gasteiger charge is -2.19. The van der Waals surface area contributed by atoms with Crippen molar-refractivity contribution in [2.24, 2.45) is 5.73 Å². The predicted octanol–water partition coefficient (Wildman–Crippen LogP) is 4.00. The highest BCUT2D eigenvalue weighted by molar-refractivity contribution is 7.91. The largest absolute Gasteiger partial charge is 0.364 e. The molecular formula is C27H28N4O4S. The average Bonchev–Trinajstić information content (AvgIpc) is 3.18. The smallest absolute Gasteiger partial charge is 0.270 e. The molecule has 2 amide bonds. The minimum absolute atomic E-state index is 0.00867. The lowest BCUT2D eigenvalue weighted by molar-refractivity contribution is 0.0779. The van der Waals surface area contributed by atoms with Crippen molar-refractivity contribution in [2.75, 3.05) is 7.05 Å². The average molecular weight is 505 g/mol. The Morgan fingerprint density at radius 1 is 0.972 bits per heavy atom. The van der Waals surface area contributed by atoms with Crippen molar-refractivity contribution in [1.82, 2.24) is 14.9 Å². The van der Waals surface area contributed by atoms with E-state index in [0.29, 0.717) is 0 Å². The number of fused-ring (bicyclic) bond motifs is 1. The number of sulfone groups is 1. The first-order valence-electron chi connectivity index (χ1n) is 11.4. The second kappa shape index (κ2) is 9.23. The lowest BCUT2D eigenvalue weighted by Crippen LogP contribution is -2.27. The van der Waals surface area contributed by atoms with E-state index in [1.807, 2.05) is 37.3 Å². The summed E-state index contributed by atoms with van der Waals surface area (Å²) in [6.07, 6.45) is 1.73. The molecule has 0 aliphatic heterocycles. The fourth-order valence-electron chi connectivity index (χ4n) is 4.54.